The fourth-order valence-corrected chi connectivity index (χ4v) is 1.15. The van der Waals surface area contributed by atoms with Crippen LogP contribution in [0.2, 0.25) is 0 Å². The minimum absolute atomic E-state index is 0.488. The molecule has 0 amide bonds. The molecule has 1 aromatic heterocycles. The Kier molecular flexibility index (Phi) is 2.27. The van der Waals surface area contributed by atoms with Crippen molar-refractivity contribution in [3.05, 3.63) is 32.7 Å². The molecule has 1 N–H and O–H groups in total. The van der Waals surface area contributed by atoms with Crippen molar-refractivity contribution in [2.24, 2.45) is 0 Å². The van der Waals surface area contributed by atoms with Gasteiger partial charge in [-0.2, -0.15) is 13.2 Å². The van der Waals surface area contributed by atoms with Gasteiger partial charge in [0, 0.05) is 6.20 Å². The molecule has 0 spiro atoms. The second-order valence-corrected chi connectivity index (χ2v) is 2.83. The van der Waals surface area contributed by atoms with Gasteiger partial charge in [-0.25, -0.2) is 0 Å². The van der Waals surface area contributed by atoms with Crippen LogP contribution in [0.5, 0.6) is 0 Å². The van der Waals surface area contributed by atoms with E-state index in [0.29, 0.717) is 0 Å². The van der Waals surface area contributed by atoms with Gasteiger partial charge in [-0.05, 0) is 22.0 Å². The molecule has 0 saturated heterocycles. The average molecular weight is 242 g/mol. The maximum atomic E-state index is 12.0. The van der Waals surface area contributed by atoms with Crippen LogP contribution in [0, 0.1) is 0 Å². The molecule has 2 nitrogen and oxygen atoms in total. The highest BCUT2D eigenvalue weighted by Crippen LogP contribution is 2.32. The zero-order valence-electron chi connectivity index (χ0n) is 5.57. The standard InChI is InChI=1S/C6H3BrF3NO/c7-4-3(6(8,9)10)1-2-11-5(4)12/h1-2H,(H,11,12). The number of pyridine rings is 1. The summed E-state index contributed by atoms with van der Waals surface area (Å²) in [7, 11) is 0. The van der Waals surface area contributed by atoms with Crippen LogP contribution in [0.1, 0.15) is 5.56 Å². The van der Waals surface area contributed by atoms with Crippen molar-refractivity contribution in [3.8, 4) is 0 Å². The summed E-state index contributed by atoms with van der Waals surface area (Å²) in [4.78, 5) is 12.8. The summed E-state index contributed by atoms with van der Waals surface area (Å²) in [6.07, 6.45) is -3.54. The third-order valence-corrected chi connectivity index (χ3v) is 1.99. The number of halogens is 4. The van der Waals surface area contributed by atoms with Crippen LogP contribution in [0.4, 0.5) is 13.2 Å². The fraction of sp³-hybridized carbons (Fsp3) is 0.167. The van der Waals surface area contributed by atoms with E-state index in [-0.39, 0.29) is 0 Å². The molecule has 0 saturated carbocycles. The SMILES string of the molecule is O=c1[nH]ccc(C(F)(F)F)c1Br. The van der Waals surface area contributed by atoms with Gasteiger partial charge in [-0.1, -0.05) is 0 Å². The van der Waals surface area contributed by atoms with Gasteiger partial charge in [-0.3, -0.25) is 4.79 Å². The Hall–Kier alpha value is -0.780. The van der Waals surface area contributed by atoms with E-state index in [4.69, 9.17) is 0 Å². The van der Waals surface area contributed by atoms with Gasteiger partial charge in [0.1, 0.15) is 0 Å². The summed E-state index contributed by atoms with van der Waals surface area (Å²) in [5.41, 5.74) is -1.75. The number of rotatable bonds is 0. The van der Waals surface area contributed by atoms with Crippen molar-refractivity contribution in [2.45, 2.75) is 6.18 Å². The fourth-order valence-electron chi connectivity index (χ4n) is 0.678. The second kappa shape index (κ2) is 2.93. The van der Waals surface area contributed by atoms with Crippen molar-refractivity contribution < 1.29 is 13.2 Å². The Balaban J connectivity index is 3.36. The first kappa shape index (κ1) is 9.31. The normalized spacial score (nSPS) is 11.7. The monoisotopic (exact) mass is 241 g/mol. The van der Waals surface area contributed by atoms with E-state index in [9.17, 15) is 18.0 Å². The molecule has 66 valence electrons. The Labute approximate surface area is 73.5 Å². The van der Waals surface area contributed by atoms with Gasteiger partial charge in [0.15, 0.2) is 0 Å². The van der Waals surface area contributed by atoms with E-state index in [1.54, 1.807) is 0 Å². The number of nitrogens with one attached hydrogen (secondary N) is 1. The summed E-state index contributed by atoms with van der Waals surface area (Å²) in [6, 6.07) is 0.797. The quantitative estimate of drug-likeness (QED) is 0.742. The lowest BCUT2D eigenvalue weighted by Crippen LogP contribution is -2.14. The van der Waals surface area contributed by atoms with Gasteiger partial charge in [0.05, 0.1) is 10.0 Å². The van der Waals surface area contributed by atoms with Crippen LogP contribution in [0.15, 0.2) is 21.5 Å². The van der Waals surface area contributed by atoms with Crippen molar-refractivity contribution >= 4 is 15.9 Å². The summed E-state index contributed by atoms with van der Waals surface area (Å²) in [6.45, 7) is 0. The van der Waals surface area contributed by atoms with Crippen LogP contribution < -0.4 is 5.56 Å². The lowest BCUT2D eigenvalue weighted by molar-refractivity contribution is -0.138. The average Bonchev–Trinajstić information content (AvgIpc) is 1.92. The molecule has 0 atom stereocenters. The molecule has 1 rings (SSSR count). The number of aromatic amines is 1. The zero-order chi connectivity index (χ0) is 9.35. The number of alkyl halides is 3. The Bertz CT molecular complexity index is 343. The third kappa shape index (κ3) is 1.69. The lowest BCUT2D eigenvalue weighted by Gasteiger charge is -2.06. The molecule has 1 heterocycles. The van der Waals surface area contributed by atoms with Crippen LogP contribution in [0.3, 0.4) is 0 Å². The third-order valence-electron chi connectivity index (χ3n) is 1.21. The molecule has 0 unspecified atom stereocenters. The first-order valence-electron chi connectivity index (χ1n) is 2.87. The van der Waals surface area contributed by atoms with Gasteiger partial charge in [-0.15, -0.1) is 0 Å². The Morgan fingerprint density at radius 2 is 2.00 bits per heavy atom. The highest BCUT2D eigenvalue weighted by atomic mass is 79.9. The molecule has 0 bridgehead atoms. The van der Waals surface area contributed by atoms with Crippen molar-refractivity contribution in [1.29, 1.82) is 0 Å². The number of aromatic nitrogens is 1. The van der Waals surface area contributed by atoms with E-state index >= 15 is 0 Å². The predicted octanol–water partition coefficient (Wildman–Crippen LogP) is 2.16. The molecular formula is C6H3BrF3NO. The summed E-state index contributed by atoms with van der Waals surface area (Å²) >= 11 is 2.55. The minimum atomic E-state index is -4.49. The molecule has 0 radical (unpaired) electrons. The smallest absolute Gasteiger partial charge is 0.328 e. The Morgan fingerprint density at radius 1 is 1.42 bits per heavy atom. The summed E-state index contributed by atoms with van der Waals surface area (Å²) in [5.74, 6) is 0. The van der Waals surface area contributed by atoms with Gasteiger partial charge < -0.3 is 4.98 Å². The topological polar surface area (TPSA) is 32.9 Å². The zero-order valence-corrected chi connectivity index (χ0v) is 7.16. The lowest BCUT2D eigenvalue weighted by atomic mass is 10.3. The highest BCUT2D eigenvalue weighted by Gasteiger charge is 2.33. The first-order valence-corrected chi connectivity index (χ1v) is 3.66. The van der Waals surface area contributed by atoms with Gasteiger partial charge in [0.2, 0.25) is 0 Å². The maximum absolute atomic E-state index is 12.0. The van der Waals surface area contributed by atoms with Crippen LogP contribution in [0.25, 0.3) is 0 Å². The molecular weight excluding hydrogens is 239 g/mol. The maximum Gasteiger partial charge on any atom is 0.417 e. The molecule has 12 heavy (non-hydrogen) atoms. The van der Waals surface area contributed by atoms with Crippen molar-refractivity contribution in [1.82, 2.24) is 4.98 Å². The Morgan fingerprint density at radius 3 is 2.42 bits per heavy atom. The second-order valence-electron chi connectivity index (χ2n) is 2.03. The molecule has 0 fully saturated rings. The van der Waals surface area contributed by atoms with Crippen molar-refractivity contribution in [3.63, 3.8) is 0 Å². The van der Waals surface area contributed by atoms with Gasteiger partial charge >= 0.3 is 6.18 Å². The highest BCUT2D eigenvalue weighted by molar-refractivity contribution is 9.10. The van der Waals surface area contributed by atoms with Crippen LogP contribution in [-0.2, 0) is 6.18 Å². The molecule has 0 aromatic carbocycles. The minimum Gasteiger partial charge on any atom is -0.328 e. The summed E-state index contributed by atoms with van der Waals surface area (Å²) < 4.78 is 35.6. The number of H-pyrrole nitrogens is 1. The number of hydrogen-bond acceptors (Lipinski definition) is 1. The van der Waals surface area contributed by atoms with E-state index in [1.807, 2.05) is 0 Å². The van der Waals surface area contributed by atoms with E-state index in [1.165, 1.54) is 0 Å². The van der Waals surface area contributed by atoms with Crippen LogP contribution in [-0.4, -0.2) is 4.98 Å². The van der Waals surface area contributed by atoms with Crippen molar-refractivity contribution in [2.75, 3.05) is 0 Å². The number of hydrogen-bond donors (Lipinski definition) is 1. The molecule has 6 heteroatoms. The molecule has 1 aromatic rings. The van der Waals surface area contributed by atoms with E-state index in [2.05, 4.69) is 20.9 Å². The molecule has 0 aliphatic rings. The largest absolute Gasteiger partial charge is 0.417 e. The van der Waals surface area contributed by atoms with E-state index in [0.717, 1.165) is 12.3 Å². The van der Waals surface area contributed by atoms with E-state index < -0.39 is 21.8 Å². The predicted molar refractivity (Wildman–Crippen MR) is 39.8 cm³/mol. The van der Waals surface area contributed by atoms with Gasteiger partial charge in [0.25, 0.3) is 5.56 Å². The van der Waals surface area contributed by atoms with Crippen LogP contribution >= 0.6 is 15.9 Å². The molecule has 0 aliphatic heterocycles. The summed E-state index contributed by atoms with van der Waals surface area (Å²) in [5, 5.41) is 0. The first-order chi connectivity index (χ1) is 5.43. The molecule has 0 aliphatic carbocycles.